The average molecular weight is 295 g/mol. The Morgan fingerprint density at radius 1 is 1.05 bits per heavy atom. The number of methoxy groups -OCH3 is 2. The molecule has 0 saturated heterocycles. The second kappa shape index (κ2) is 5.93. The van der Waals surface area contributed by atoms with Crippen LogP contribution >= 0.6 is 0 Å². The van der Waals surface area contributed by atoms with Gasteiger partial charge in [-0.1, -0.05) is 30.3 Å². The van der Waals surface area contributed by atoms with E-state index in [1.54, 1.807) is 7.11 Å². The van der Waals surface area contributed by atoms with Gasteiger partial charge in [0.05, 0.1) is 14.2 Å². The number of rotatable bonds is 4. The molecule has 0 unspecified atom stereocenters. The molecule has 22 heavy (non-hydrogen) atoms. The summed E-state index contributed by atoms with van der Waals surface area (Å²) in [5, 5.41) is 1.02. The van der Waals surface area contributed by atoms with Crippen LogP contribution in [0.2, 0.25) is 0 Å². The van der Waals surface area contributed by atoms with Crippen LogP contribution in [0.4, 0.5) is 0 Å². The minimum Gasteiger partial charge on any atom is -0.497 e. The first-order chi connectivity index (χ1) is 10.7. The van der Waals surface area contributed by atoms with Gasteiger partial charge in [-0.25, -0.2) is 4.79 Å². The molecule has 2 aromatic carbocycles. The van der Waals surface area contributed by atoms with Crippen LogP contribution in [0.5, 0.6) is 5.75 Å². The minimum absolute atomic E-state index is 0.329. The summed E-state index contributed by atoms with van der Waals surface area (Å²) in [4.78, 5) is 12.0. The highest BCUT2D eigenvalue weighted by Crippen LogP contribution is 2.22. The van der Waals surface area contributed by atoms with Gasteiger partial charge in [0.15, 0.2) is 0 Å². The maximum atomic E-state index is 12.0. The first kappa shape index (κ1) is 14.2. The predicted molar refractivity (Wildman–Crippen MR) is 85.4 cm³/mol. The van der Waals surface area contributed by atoms with E-state index in [1.807, 2.05) is 59.2 Å². The summed E-state index contributed by atoms with van der Waals surface area (Å²) >= 11 is 0. The number of ether oxygens (including phenoxy) is 2. The van der Waals surface area contributed by atoms with E-state index >= 15 is 0 Å². The highest BCUT2D eigenvalue weighted by Gasteiger charge is 2.15. The molecule has 3 aromatic rings. The second-order valence-corrected chi connectivity index (χ2v) is 5.01. The quantitative estimate of drug-likeness (QED) is 0.692. The molecule has 0 atom stereocenters. The van der Waals surface area contributed by atoms with E-state index in [-0.39, 0.29) is 5.97 Å². The molecule has 0 fully saturated rings. The average Bonchev–Trinajstić information content (AvgIpc) is 2.93. The van der Waals surface area contributed by atoms with Crippen LogP contribution in [-0.2, 0) is 11.3 Å². The molecule has 4 heteroatoms. The molecular weight excluding hydrogens is 278 g/mol. The van der Waals surface area contributed by atoms with Gasteiger partial charge in [0.2, 0.25) is 0 Å². The number of aromatic nitrogens is 1. The number of carbonyl (C=O) groups excluding carboxylic acids is 1. The lowest BCUT2D eigenvalue weighted by molar-refractivity contribution is 0.0589. The zero-order valence-electron chi connectivity index (χ0n) is 12.6. The normalized spacial score (nSPS) is 10.6. The van der Waals surface area contributed by atoms with Crippen molar-refractivity contribution in [2.45, 2.75) is 6.54 Å². The maximum absolute atomic E-state index is 12.0. The van der Waals surface area contributed by atoms with Gasteiger partial charge in [0, 0.05) is 17.4 Å². The van der Waals surface area contributed by atoms with Gasteiger partial charge in [-0.15, -0.1) is 0 Å². The number of esters is 1. The van der Waals surface area contributed by atoms with Gasteiger partial charge in [-0.2, -0.15) is 0 Å². The van der Waals surface area contributed by atoms with Crippen molar-refractivity contribution in [3.05, 3.63) is 65.9 Å². The molecule has 1 heterocycles. The molecule has 0 radical (unpaired) electrons. The third kappa shape index (κ3) is 2.55. The largest absolute Gasteiger partial charge is 0.497 e. The molecule has 0 amide bonds. The number of hydrogen-bond acceptors (Lipinski definition) is 3. The highest BCUT2D eigenvalue weighted by atomic mass is 16.5. The van der Waals surface area contributed by atoms with Crippen LogP contribution in [0.15, 0.2) is 54.6 Å². The number of benzene rings is 2. The van der Waals surface area contributed by atoms with E-state index in [9.17, 15) is 4.79 Å². The first-order valence-electron chi connectivity index (χ1n) is 7.02. The number of para-hydroxylation sites is 1. The monoisotopic (exact) mass is 295 g/mol. The Morgan fingerprint density at radius 2 is 1.77 bits per heavy atom. The SMILES string of the molecule is COC(=O)c1cc2ccccc2n1Cc1ccc(OC)cc1. The summed E-state index contributed by atoms with van der Waals surface area (Å²) in [6.45, 7) is 0.599. The number of nitrogens with zero attached hydrogens (tertiary/aromatic N) is 1. The van der Waals surface area contributed by atoms with Crippen molar-refractivity contribution < 1.29 is 14.3 Å². The van der Waals surface area contributed by atoms with Crippen LogP contribution in [0.1, 0.15) is 16.1 Å². The lowest BCUT2D eigenvalue weighted by Gasteiger charge is -2.10. The van der Waals surface area contributed by atoms with Gasteiger partial charge < -0.3 is 14.0 Å². The first-order valence-corrected chi connectivity index (χ1v) is 7.02. The fourth-order valence-corrected chi connectivity index (χ4v) is 2.57. The molecule has 4 nitrogen and oxygen atoms in total. The lowest BCUT2D eigenvalue weighted by atomic mass is 10.2. The van der Waals surface area contributed by atoms with Crippen molar-refractivity contribution in [3.63, 3.8) is 0 Å². The molecule has 0 N–H and O–H groups in total. The third-order valence-corrected chi connectivity index (χ3v) is 3.70. The Bertz CT molecular complexity index is 803. The molecule has 3 rings (SSSR count). The van der Waals surface area contributed by atoms with E-state index in [2.05, 4.69) is 0 Å². The Labute approximate surface area is 128 Å². The van der Waals surface area contributed by atoms with E-state index in [0.29, 0.717) is 12.2 Å². The fourth-order valence-electron chi connectivity index (χ4n) is 2.57. The molecular formula is C18H17NO3. The summed E-state index contributed by atoms with van der Waals surface area (Å²) < 4.78 is 12.0. The number of carbonyl (C=O) groups is 1. The predicted octanol–water partition coefficient (Wildman–Crippen LogP) is 3.48. The van der Waals surface area contributed by atoms with Gasteiger partial charge in [-0.3, -0.25) is 0 Å². The summed E-state index contributed by atoms with van der Waals surface area (Å²) in [6.07, 6.45) is 0. The van der Waals surface area contributed by atoms with Crippen molar-refractivity contribution in [1.29, 1.82) is 0 Å². The molecule has 0 aliphatic carbocycles. The summed E-state index contributed by atoms with van der Waals surface area (Å²) in [6, 6.07) is 17.6. The Balaban J connectivity index is 2.05. The van der Waals surface area contributed by atoms with Crippen LogP contribution in [0.3, 0.4) is 0 Å². The van der Waals surface area contributed by atoms with Crippen LogP contribution < -0.4 is 4.74 Å². The Morgan fingerprint density at radius 3 is 2.45 bits per heavy atom. The molecule has 0 spiro atoms. The van der Waals surface area contributed by atoms with E-state index in [4.69, 9.17) is 9.47 Å². The highest BCUT2D eigenvalue weighted by molar-refractivity contribution is 5.95. The number of fused-ring (bicyclic) bond motifs is 1. The third-order valence-electron chi connectivity index (χ3n) is 3.70. The van der Waals surface area contributed by atoms with Gasteiger partial charge in [0.1, 0.15) is 11.4 Å². The molecule has 0 aliphatic heterocycles. The van der Waals surface area contributed by atoms with E-state index in [1.165, 1.54) is 7.11 Å². The molecule has 0 saturated carbocycles. The standard InChI is InChI=1S/C18H17NO3/c1-21-15-9-7-13(8-10-15)12-19-16-6-4-3-5-14(16)11-17(19)18(20)22-2/h3-11H,12H2,1-2H3. The smallest absolute Gasteiger partial charge is 0.354 e. The number of hydrogen-bond donors (Lipinski definition) is 0. The van der Waals surface area contributed by atoms with Crippen molar-refractivity contribution >= 4 is 16.9 Å². The summed E-state index contributed by atoms with van der Waals surface area (Å²) in [7, 11) is 3.04. The summed E-state index contributed by atoms with van der Waals surface area (Å²) in [5.74, 6) is 0.485. The van der Waals surface area contributed by atoms with Crippen molar-refractivity contribution in [2.75, 3.05) is 14.2 Å². The minimum atomic E-state index is -0.329. The van der Waals surface area contributed by atoms with Crippen LogP contribution in [-0.4, -0.2) is 24.8 Å². The molecule has 1 aromatic heterocycles. The van der Waals surface area contributed by atoms with E-state index < -0.39 is 0 Å². The molecule has 0 aliphatic rings. The van der Waals surface area contributed by atoms with Crippen LogP contribution in [0, 0.1) is 0 Å². The molecule has 0 bridgehead atoms. The van der Waals surface area contributed by atoms with E-state index in [0.717, 1.165) is 22.2 Å². The lowest BCUT2D eigenvalue weighted by Crippen LogP contribution is -2.11. The Hall–Kier alpha value is -2.75. The van der Waals surface area contributed by atoms with Crippen molar-refractivity contribution in [1.82, 2.24) is 4.57 Å². The zero-order chi connectivity index (χ0) is 15.5. The topological polar surface area (TPSA) is 40.5 Å². The fraction of sp³-hybridized carbons (Fsp3) is 0.167. The molecule has 112 valence electrons. The van der Waals surface area contributed by atoms with Gasteiger partial charge >= 0.3 is 5.97 Å². The van der Waals surface area contributed by atoms with Gasteiger partial charge in [0.25, 0.3) is 0 Å². The van der Waals surface area contributed by atoms with Crippen molar-refractivity contribution in [3.8, 4) is 5.75 Å². The second-order valence-electron chi connectivity index (χ2n) is 5.01. The van der Waals surface area contributed by atoms with Gasteiger partial charge in [-0.05, 0) is 29.8 Å². The Kier molecular flexibility index (Phi) is 3.83. The maximum Gasteiger partial charge on any atom is 0.354 e. The zero-order valence-corrected chi connectivity index (χ0v) is 12.6. The van der Waals surface area contributed by atoms with Crippen molar-refractivity contribution in [2.24, 2.45) is 0 Å². The van der Waals surface area contributed by atoms with Crippen LogP contribution in [0.25, 0.3) is 10.9 Å². The summed E-state index contributed by atoms with van der Waals surface area (Å²) in [5.41, 5.74) is 2.66.